The topological polar surface area (TPSA) is 24.5 Å². The van der Waals surface area contributed by atoms with Crippen molar-refractivity contribution in [1.29, 1.82) is 0 Å². The Labute approximate surface area is 86.8 Å². The molecule has 0 aromatic carbocycles. The molecule has 0 spiro atoms. The van der Waals surface area contributed by atoms with Gasteiger partial charge in [0, 0.05) is 25.2 Å². The highest BCUT2D eigenvalue weighted by molar-refractivity contribution is 4.89. The van der Waals surface area contributed by atoms with Crippen molar-refractivity contribution < 1.29 is 4.74 Å². The fourth-order valence-electron chi connectivity index (χ4n) is 2.47. The van der Waals surface area contributed by atoms with Crippen LogP contribution < -0.4 is 5.32 Å². The summed E-state index contributed by atoms with van der Waals surface area (Å²) < 4.78 is 5.81. The highest BCUT2D eigenvalue weighted by Gasteiger charge is 2.35. The Morgan fingerprint density at radius 3 is 2.36 bits per heavy atom. The number of likely N-dealkylation sites (tertiary alicyclic amines) is 1. The quantitative estimate of drug-likeness (QED) is 0.727. The molecule has 0 saturated carbocycles. The third kappa shape index (κ3) is 2.27. The van der Waals surface area contributed by atoms with Crippen LogP contribution in [0.1, 0.15) is 26.7 Å². The van der Waals surface area contributed by atoms with Gasteiger partial charge in [-0.05, 0) is 33.7 Å². The number of hydrogen-bond acceptors (Lipinski definition) is 3. The van der Waals surface area contributed by atoms with E-state index in [-0.39, 0.29) is 5.54 Å². The molecular weight excluding hydrogens is 176 g/mol. The van der Waals surface area contributed by atoms with Crippen molar-refractivity contribution in [3.05, 3.63) is 0 Å². The first kappa shape index (κ1) is 10.4. The molecule has 2 unspecified atom stereocenters. The maximum absolute atomic E-state index is 5.81. The summed E-state index contributed by atoms with van der Waals surface area (Å²) in [6, 6.07) is 0. The van der Waals surface area contributed by atoms with Crippen LogP contribution in [0.5, 0.6) is 0 Å². The summed E-state index contributed by atoms with van der Waals surface area (Å²) in [6.07, 6.45) is 3.56. The van der Waals surface area contributed by atoms with Crippen LogP contribution in [0.15, 0.2) is 0 Å². The Morgan fingerprint density at radius 1 is 1.29 bits per heavy atom. The van der Waals surface area contributed by atoms with Crippen LogP contribution in [0.3, 0.4) is 0 Å². The summed E-state index contributed by atoms with van der Waals surface area (Å²) >= 11 is 0. The first-order valence-electron chi connectivity index (χ1n) is 5.66. The van der Waals surface area contributed by atoms with Crippen LogP contribution in [0.25, 0.3) is 0 Å². The molecule has 2 aliphatic heterocycles. The van der Waals surface area contributed by atoms with E-state index in [1.54, 1.807) is 0 Å². The zero-order valence-corrected chi connectivity index (χ0v) is 9.55. The van der Waals surface area contributed by atoms with Gasteiger partial charge in [-0.1, -0.05) is 0 Å². The molecule has 2 saturated heterocycles. The lowest BCUT2D eigenvalue weighted by atomic mass is 10.0. The third-order valence-electron chi connectivity index (χ3n) is 3.41. The molecule has 2 fully saturated rings. The molecule has 2 bridgehead atoms. The van der Waals surface area contributed by atoms with Gasteiger partial charge in [0.15, 0.2) is 0 Å². The van der Waals surface area contributed by atoms with E-state index in [9.17, 15) is 0 Å². The first-order chi connectivity index (χ1) is 6.59. The van der Waals surface area contributed by atoms with E-state index in [2.05, 4.69) is 24.1 Å². The minimum Gasteiger partial charge on any atom is -0.372 e. The highest BCUT2D eigenvalue weighted by Crippen LogP contribution is 2.26. The van der Waals surface area contributed by atoms with Gasteiger partial charge in [0.25, 0.3) is 0 Å². The van der Waals surface area contributed by atoms with Gasteiger partial charge in [-0.25, -0.2) is 0 Å². The fourth-order valence-corrected chi connectivity index (χ4v) is 2.47. The number of hydrogen-bond donors (Lipinski definition) is 1. The summed E-state index contributed by atoms with van der Waals surface area (Å²) in [6.45, 7) is 7.89. The number of fused-ring (bicyclic) bond motifs is 2. The molecule has 3 nitrogen and oxygen atoms in total. The van der Waals surface area contributed by atoms with Crippen molar-refractivity contribution in [3.8, 4) is 0 Å². The van der Waals surface area contributed by atoms with Crippen molar-refractivity contribution in [2.24, 2.45) is 0 Å². The zero-order valence-electron chi connectivity index (χ0n) is 9.55. The summed E-state index contributed by atoms with van der Waals surface area (Å²) in [7, 11) is 2.04. The van der Waals surface area contributed by atoms with Gasteiger partial charge in [-0.3, -0.25) is 4.90 Å². The normalized spacial score (nSPS) is 33.6. The number of nitrogens with zero attached hydrogens (tertiary/aromatic N) is 1. The van der Waals surface area contributed by atoms with Gasteiger partial charge in [0.05, 0.1) is 12.2 Å². The van der Waals surface area contributed by atoms with E-state index >= 15 is 0 Å². The van der Waals surface area contributed by atoms with Crippen LogP contribution in [-0.4, -0.2) is 49.3 Å². The second-order valence-electron chi connectivity index (χ2n) is 5.29. The maximum atomic E-state index is 5.81. The van der Waals surface area contributed by atoms with Gasteiger partial charge in [0.2, 0.25) is 0 Å². The van der Waals surface area contributed by atoms with Crippen LogP contribution in [0, 0.1) is 0 Å². The average molecular weight is 198 g/mol. The number of likely N-dealkylation sites (N-methyl/N-ethyl adjacent to an activating group) is 1. The molecular formula is C11H22N2O. The predicted molar refractivity (Wildman–Crippen MR) is 57.5 cm³/mol. The van der Waals surface area contributed by atoms with Crippen LogP contribution in [-0.2, 0) is 4.74 Å². The number of ether oxygens (including phenoxy) is 1. The Morgan fingerprint density at radius 2 is 1.86 bits per heavy atom. The van der Waals surface area contributed by atoms with E-state index in [0.717, 1.165) is 19.6 Å². The molecule has 3 heteroatoms. The minimum atomic E-state index is 0.219. The number of nitrogens with one attached hydrogen (secondary N) is 1. The van der Waals surface area contributed by atoms with Gasteiger partial charge in [-0.2, -0.15) is 0 Å². The molecule has 1 N–H and O–H groups in total. The van der Waals surface area contributed by atoms with E-state index in [1.165, 1.54) is 12.8 Å². The monoisotopic (exact) mass is 198 g/mol. The maximum Gasteiger partial charge on any atom is 0.0707 e. The molecule has 2 rings (SSSR count). The van der Waals surface area contributed by atoms with Crippen LogP contribution >= 0.6 is 0 Å². The summed E-state index contributed by atoms with van der Waals surface area (Å²) in [4.78, 5) is 2.54. The standard InChI is InChI=1S/C11H22N2O/c1-11(2,12-3)8-13-6-9-4-5-10(7-13)14-9/h9-10,12H,4-8H2,1-3H3. The van der Waals surface area contributed by atoms with Crippen molar-refractivity contribution in [1.82, 2.24) is 10.2 Å². The Hall–Kier alpha value is -0.120. The van der Waals surface area contributed by atoms with E-state index in [0.29, 0.717) is 12.2 Å². The van der Waals surface area contributed by atoms with Gasteiger partial charge < -0.3 is 10.1 Å². The van der Waals surface area contributed by atoms with Crippen molar-refractivity contribution in [2.45, 2.75) is 44.4 Å². The van der Waals surface area contributed by atoms with Crippen molar-refractivity contribution >= 4 is 0 Å². The molecule has 0 radical (unpaired) electrons. The molecule has 2 heterocycles. The molecule has 0 aliphatic carbocycles. The summed E-state index contributed by atoms with van der Waals surface area (Å²) in [5.41, 5.74) is 0.219. The third-order valence-corrected chi connectivity index (χ3v) is 3.41. The van der Waals surface area contributed by atoms with Crippen molar-refractivity contribution in [2.75, 3.05) is 26.7 Å². The summed E-state index contributed by atoms with van der Waals surface area (Å²) in [5.74, 6) is 0. The lowest BCUT2D eigenvalue weighted by molar-refractivity contribution is -0.0439. The predicted octanol–water partition coefficient (Wildman–Crippen LogP) is 0.848. The Bertz CT molecular complexity index is 193. The second-order valence-corrected chi connectivity index (χ2v) is 5.29. The second kappa shape index (κ2) is 3.80. The lowest BCUT2D eigenvalue weighted by Gasteiger charge is -2.37. The average Bonchev–Trinajstić information content (AvgIpc) is 2.45. The van der Waals surface area contributed by atoms with E-state index < -0.39 is 0 Å². The number of morpholine rings is 1. The first-order valence-corrected chi connectivity index (χ1v) is 5.66. The molecule has 14 heavy (non-hydrogen) atoms. The zero-order chi connectivity index (χ0) is 10.2. The molecule has 2 atom stereocenters. The number of rotatable bonds is 3. The minimum absolute atomic E-state index is 0.219. The smallest absolute Gasteiger partial charge is 0.0707 e. The highest BCUT2D eigenvalue weighted by atomic mass is 16.5. The van der Waals surface area contributed by atoms with Gasteiger partial charge in [0.1, 0.15) is 0 Å². The largest absolute Gasteiger partial charge is 0.372 e. The van der Waals surface area contributed by atoms with E-state index in [1.807, 2.05) is 7.05 Å². The molecule has 0 aromatic heterocycles. The Balaban J connectivity index is 1.88. The van der Waals surface area contributed by atoms with Gasteiger partial charge in [-0.15, -0.1) is 0 Å². The van der Waals surface area contributed by atoms with Crippen LogP contribution in [0.2, 0.25) is 0 Å². The molecule has 0 aromatic rings. The molecule has 82 valence electrons. The molecule has 2 aliphatic rings. The SMILES string of the molecule is CNC(C)(C)CN1CC2CCC(C1)O2. The lowest BCUT2D eigenvalue weighted by Crippen LogP contribution is -2.52. The Kier molecular flexibility index (Phi) is 2.82. The van der Waals surface area contributed by atoms with Crippen molar-refractivity contribution in [3.63, 3.8) is 0 Å². The summed E-state index contributed by atoms with van der Waals surface area (Å²) in [5, 5.41) is 3.36. The van der Waals surface area contributed by atoms with E-state index in [4.69, 9.17) is 4.74 Å². The molecule has 0 amide bonds. The fraction of sp³-hybridized carbons (Fsp3) is 1.00. The van der Waals surface area contributed by atoms with Gasteiger partial charge >= 0.3 is 0 Å². The van der Waals surface area contributed by atoms with Crippen LogP contribution in [0.4, 0.5) is 0 Å².